The highest BCUT2D eigenvalue weighted by Gasteiger charge is 2.51. The summed E-state index contributed by atoms with van der Waals surface area (Å²) in [5.74, 6) is 3.16. The molecule has 0 aromatic heterocycles. The summed E-state index contributed by atoms with van der Waals surface area (Å²) in [6.45, 7) is 2.14. The van der Waals surface area contributed by atoms with Crippen LogP contribution in [0.2, 0.25) is 0 Å². The molecule has 4 fully saturated rings. The van der Waals surface area contributed by atoms with E-state index >= 15 is 0 Å². The molecule has 8 heteroatoms. The second-order valence-electron chi connectivity index (χ2n) is 13.0. The van der Waals surface area contributed by atoms with Crippen LogP contribution in [0.1, 0.15) is 89.9 Å². The van der Waals surface area contributed by atoms with E-state index in [1.165, 1.54) is 64.2 Å². The fraction of sp³-hybridized carbons (Fsp3) is 0.719. The number of fused-ring (bicyclic) bond motifs is 1. The Balaban J connectivity index is 1.05. The minimum atomic E-state index is -0.619. The van der Waals surface area contributed by atoms with Gasteiger partial charge in [-0.3, -0.25) is 19.9 Å². The van der Waals surface area contributed by atoms with Gasteiger partial charge in [0, 0.05) is 19.6 Å². The van der Waals surface area contributed by atoms with Crippen LogP contribution < -0.4 is 14.8 Å². The summed E-state index contributed by atoms with van der Waals surface area (Å²) in [6.07, 6.45) is 15.4. The predicted octanol–water partition coefficient (Wildman–Crippen LogP) is 5.11. The van der Waals surface area contributed by atoms with Gasteiger partial charge in [0.05, 0.1) is 0 Å². The topological polar surface area (TPSA) is 95.0 Å². The molecule has 0 spiro atoms. The Labute approximate surface area is 238 Å². The number of ether oxygens (including phenoxy) is 2. The van der Waals surface area contributed by atoms with E-state index in [9.17, 15) is 9.59 Å². The molecule has 40 heavy (non-hydrogen) atoms. The molecule has 2 amide bonds. The van der Waals surface area contributed by atoms with Gasteiger partial charge in [0.1, 0.15) is 12.1 Å². The number of para-hydroxylation sites is 2. The van der Waals surface area contributed by atoms with Gasteiger partial charge in [-0.25, -0.2) is 0 Å². The highest BCUT2D eigenvalue weighted by Crippen LogP contribution is 2.40. The molecular weight excluding hydrogens is 504 g/mol. The van der Waals surface area contributed by atoms with Crippen molar-refractivity contribution >= 4 is 17.8 Å². The Morgan fingerprint density at radius 1 is 0.925 bits per heavy atom. The molecule has 5 aliphatic rings. The first-order valence-corrected chi connectivity index (χ1v) is 15.9. The number of amides is 2. The monoisotopic (exact) mass is 550 g/mol. The maximum atomic E-state index is 14.1. The third-order valence-electron chi connectivity index (χ3n) is 10.1. The molecule has 6 rings (SSSR count). The van der Waals surface area contributed by atoms with E-state index in [-0.39, 0.29) is 24.4 Å². The van der Waals surface area contributed by atoms with Gasteiger partial charge in [0.15, 0.2) is 17.5 Å². The van der Waals surface area contributed by atoms with E-state index in [0.29, 0.717) is 48.9 Å². The molecule has 0 bridgehead atoms. The molecule has 1 aromatic carbocycles. The third kappa shape index (κ3) is 5.82. The maximum absolute atomic E-state index is 14.1. The largest absolute Gasteiger partial charge is 0.485 e. The maximum Gasteiger partial charge on any atom is 0.267 e. The third-order valence-corrected chi connectivity index (χ3v) is 10.1. The molecule has 2 saturated carbocycles. The molecule has 2 N–H and O–H groups in total. The standard InChI is InChI=1S/C32H46N4O4/c33-31-34-32(19-23-9-3-1-4-10-23,20-24-11-5-2-6-12-24)30(38)36(31)18-16-25-15-17-35(21-25)29(37)28-22-39-26-13-7-8-14-27(26)40-28/h7-8,13-14,23-25,28H,1-6,9-12,15-22H2,(H2,33,34). The van der Waals surface area contributed by atoms with Crippen molar-refractivity contribution in [3.63, 3.8) is 0 Å². The van der Waals surface area contributed by atoms with E-state index in [0.717, 1.165) is 25.7 Å². The summed E-state index contributed by atoms with van der Waals surface area (Å²) in [5.41, 5.74) is -0.604. The van der Waals surface area contributed by atoms with Gasteiger partial charge >= 0.3 is 0 Å². The van der Waals surface area contributed by atoms with Gasteiger partial charge < -0.3 is 19.7 Å². The number of nitrogens with one attached hydrogen (secondary N) is 2. The van der Waals surface area contributed by atoms with Crippen molar-refractivity contribution in [2.75, 3.05) is 26.2 Å². The highest BCUT2D eigenvalue weighted by molar-refractivity contribution is 6.07. The molecule has 2 unspecified atom stereocenters. The van der Waals surface area contributed by atoms with Gasteiger partial charge in [-0.1, -0.05) is 76.3 Å². The first kappa shape index (κ1) is 27.4. The Hall–Kier alpha value is -2.77. The van der Waals surface area contributed by atoms with Crippen LogP contribution >= 0.6 is 0 Å². The normalized spacial score (nSPS) is 27.2. The Kier molecular flexibility index (Phi) is 8.22. The summed E-state index contributed by atoms with van der Waals surface area (Å²) >= 11 is 0. The summed E-state index contributed by atoms with van der Waals surface area (Å²) in [7, 11) is 0. The van der Waals surface area contributed by atoms with Gasteiger partial charge in [0.2, 0.25) is 6.10 Å². The zero-order chi connectivity index (χ0) is 27.5. The number of hydrogen-bond donors (Lipinski definition) is 2. The van der Waals surface area contributed by atoms with Crippen molar-refractivity contribution in [3.8, 4) is 11.5 Å². The number of carbonyl (C=O) groups is 2. The second-order valence-corrected chi connectivity index (χ2v) is 13.0. The smallest absolute Gasteiger partial charge is 0.267 e. The van der Waals surface area contributed by atoms with E-state index in [1.807, 2.05) is 29.2 Å². The number of hydrogen-bond acceptors (Lipinski definition) is 5. The molecule has 3 aliphatic heterocycles. The molecule has 2 aliphatic carbocycles. The summed E-state index contributed by atoms with van der Waals surface area (Å²) in [4.78, 5) is 30.9. The lowest BCUT2D eigenvalue weighted by Gasteiger charge is -2.36. The van der Waals surface area contributed by atoms with Crippen LogP contribution in [-0.2, 0) is 9.59 Å². The zero-order valence-corrected chi connectivity index (χ0v) is 23.9. The Morgan fingerprint density at radius 2 is 1.57 bits per heavy atom. The van der Waals surface area contributed by atoms with Gasteiger partial charge in [-0.05, 0) is 55.6 Å². The number of likely N-dealkylation sites (tertiary alicyclic amines) is 1. The predicted molar refractivity (Wildman–Crippen MR) is 153 cm³/mol. The van der Waals surface area contributed by atoms with Gasteiger partial charge in [-0.15, -0.1) is 0 Å². The van der Waals surface area contributed by atoms with Crippen molar-refractivity contribution in [2.24, 2.45) is 17.8 Å². The fourth-order valence-corrected chi connectivity index (χ4v) is 7.97. The first-order chi connectivity index (χ1) is 19.5. The van der Waals surface area contributed by atoms with Crippen LogP contribution in [0, 0.1) is 23.2 Å². The van der Waals surface area contributed by atoms with Crippen LogP contribution in [0.25, 0.3) is 0 Å². The van der Waals surface area contributed by atoms with Crippen LogP contribution in [0.3, 0.4) is 0 Å². The molecule has 8 nitrogen and oxygen atoms in total. The number of guanidine groups is 1. The summed E-state index contributed by atoms with van der Waals surface area (Å²) < 4.78 is 11.7. The van der Waals surface area contributed by atoms with Crippen LogP contribution in [0.4, 0.5) is 0 Å². The van der Waals surface area contributed by atoms with Crippen molar-refractivity contribution in [3.05, 3.63) is 24.3 Å². The lowest BCUT2D eigenvalue weighted by molar-refractivity contribution is -0.140. The van der Waals surface area contributed by atoms with E-state index in [4.69, 9.17) is 14.9 Å². The highest BCUT2D eigenvalue weighted by atomic mass is 16.6. The van der Waals surface area contributed by atoms with E-state index < -0.39 is 11.6 Å². The van der Waals surface area contributed by atoms with Crippen LogP contribution in [0.15, 0.2) is 24.3 Å². The molecular formula is C32H46N4O4. The number of nitrogens with zero attached hydrogens (tertiary/aromatic N) is 2. The number of carbonyl (C=O) groups excluding carboxylic acids is 2. The quantitative estimate of drug-likeness (QED) is 0.469. The minimum Gasteiger partial charge on any atom is -0.485 e. The average Bonchev–Trinajstić information content (AvgIpc) is 3.54. The molecule has 218 valence electrons. The fourth-order valence-electron chi connectivity index (χ4n) is 7.97. The molecule has 2 atom stereocenters. The van der Waals surface area contributed by atoms with Crippen molar-refractivity contribution in [1.82, 2.24) is 15.1 Å². The second kappa shape index (κ2) is 12.0. The first-order valence-electron chi connectivity index (χ1n) is 15.9. The molecule has 2 saturated heterocycles. The number of benzene rings is 1. The lowest BCUT2D eigenvalue weighted by Crippen LogP contribution is -2.50. The van der Waals surface area contributed by atoms with Crippen LogP contribution in [0.5, 0.6) is 11.5 Å². The summed E-state index contributed by atoms with van der Waals surface area (Å²) in [5, 5.41) is 12.3. The SMILES string of the molecule is N=C1NC(CC2CCCCC2)(CC2CCCCC2)C(=O)N1CCC1CCN(C(=O)C2COc3ccccc3O2)C1. The van der Waals surface area contributed by atoms with E-state index in [1.54, 1.807) is 4.90 Å². The van der Waals surface area contributed by atoms with Gasteiger partial charge in [-0.2, -0.15) is 0 Å². The Bertz CT molecular complexity index is 1060. The van der Waals surface area contributed by atoms with E-state index in [2.05, 4.69) is 5.32 Å². The average molecular weight is 551 g/mol. The van der Waals surface area contributed by atoms with Crippen molar-refractivity contribution < 1.29 is 19.1 Å². The van der Waals surface area contributed by atoms with Gasteiger partial charge in [0.25, 0.3) is 11.8 Å². The molecule has 0 radical (unpaired) electrons. The number of rotatable bonds is 8. The summed E-state index contributed by atoms with van der Waals surface area (Å²) in [6, 6.07) is 7.46. The molecule has 1 aromatic rings. The lowest BCUT2D eigenvalue weighted by atomic mass is 9.73. The van der Waals surface area contributed by atoms with Crippen molar-refractivity contribution in [2.45, 2.75) is 102 Å². The zero-order valence-electron chi connectivity index (χ0n) is 23.9. The Morgan fingerprint density at radius 3 is 2.25 bits per heavy atom. The minimum absolute atomic E-state index is 0.0253. The van der Waals surface area contributed by atoms with Crippen LogP contribution in [-0.4, -0.2) is 65.5 Å². The molecule has 3 heterocycles. The van der Waals surface area contributed by atoms with Crippen molar-refractivity contribution in [1.29, 1.82) is 5.41 Å².